The first-order valence-corrected chi connectivity index (χ1v) is 8.20. The second kappa shape index (κ2) is 7.59. The molecule has 0 aromatic heterocycles. The van der Waals surface area contributed by atoms with E-state index in [-0.39, 0.29) is 18.8 Å². The lowest BCUT2D eigenvalue weighted by molar-refractivity contribution is -0.384. The number of nitrogens with zero attached hydrogens (tertiary/aromatic N) is 3. The maximum atomic E-state index is 12.4. The number of nitro groups is 1. The van der Waals surface area contributed by atoms with Crippen molar-refractivity contribution in [1.29, 1.82) is 0 Å². The number of hydrogen-bond donors (Lipinski definition) is 0. The van der Waals surface area contributed by atoms with Crippen LogP contribution in [-0.4, -0.2) is 60.3 Å². The monoisotopic (exact) mass is 365 g/mol. The van der Waals surface area contributed by atoms with Crippen molar-refractivity contribution < 1.29 is 24.0 Å². The molecule has 1 fully saturated rings. The highest BCUT2D eigenvalue weighted by Gasteiger charge is 2.39. The molecule has 0 N–H and O–H groups in total. The minimum absolute atomic E-state index is 0.0539. The molecule has 0 aliphatic carbocycles. The van der Waals surface area contributed by atoms with Gasteiger partial charge in [-0.3, -0.25) is 15.0 Å². The zero-order valence-corrected chi connectivity index (χ0v) is 15.3. The molecule has 0 saturated carbocycles. The number of esters is 1. The van der Waals surface area contributed by atoms with Crippen molar-refractivity contribution in [2.45, 2.75) is 32.4 Å². The number of carbonyl (C=O) groups excluding carboxylic acids is 2. The normalized spacial score (nSPS) is 17.6. The van der Waals surface area contributed by atoms with E-state index in [2.05, 4.69) is 0 Å². The quantitative estimate of drug-likeness (QED) is 0.459. The van der Waals surface area contributed by atoms with E-state index < -0.39 is 28.6 Å². The highest BCUT2D eigenvalue weighted by molar-refractivity contribution is 5.83. The van der Waals surface area contributed by atoms with Gasteiger partial charge in [-0.15, -0.1) is 0 Å². The first-order chi connectivity index (χ1) is 12.1. The zero-order valence-electron chi connectivity index (χ0n) is 15.3. The molecule has 1 saturated heterocycles. The smallest absolute Gasteiger partial charge is 0.411 e. The van der Waals surface area contributed by atoms with Crippen molar-refractivity contribution in [2.75, 3.05) is 31.6 Å². The van der Waals surface area contributed by atoms with Crippen molar-refractivity contribution in [1.82, 2.24) is 4.90 Å². The third-order valence-electron chi connectivity index (χ3n) is 3.90. The number of nitro benzene ring substituents is 1. The van der Waals surface area contributed by atoms with Crippen LogP contribution in [0.15, 0.2) is 24.3 Å². The number of ether oxygens (including phenoxy) is 2. The summed E-state index contributed by atoms with van der Waals surface area (Å²) in [6, 6.07) is 5.38. The Labute approximate surface area is 151 Å². The Morgan fingerprint density at radius 3 is 2.46 bits per heavy atom. The van der Waals surface area contributed by atoms with Crippen LogP contribution in [0.1, 0.15) is 20.8 Å². The fraction of sp³-hybridized carbons (Fsp3) is 0.529. The topological polar surface area (TPSA) is 102 Å². The highest BCUT2D eigenvalue weighted by Crippen LogP contribution is 2.30. The zero-order chi connectivity index (χ0) is 19.5. The summed E-state index contributed by atoms with van der Waals surface area (Å²) in [5.74, 6) is -0.598. The van der Waals surface area contributed by atoms with Gasteiger partial charge < -0.3 is 14.4 Å². The molecule has 1 aromatic carbocycles. The predicted octanol–water partition coefficient (Wildman–Crippen LogP) is 2.19. The largest absolute Gasteiger partial charge is 0.467 e. The van der Waals surface area contributed by atoms with Crippen molar-refractivity contribution in [3.05, 3.63) is 34.4 Å². The molecule has 0 spiro atoms. The first kappa shape index (κ1) is 19.5. The Hall–Kier alpha value is -2.84. The Balaban J connectivity index is 2.27. The van der Waals surface area contributed by atoms with Gasteiger partial charge >= 0.3 is 12.1 Å². The molecule has 0 radical (unpaired) electrons. The van der Waals surface area contributed by atoms with E-state index in [4.69, 9.17) is 9.47 Å². The number of methoxy groups -OCH3 is 1. The lowest BCUT2D eigenvalue weighted by Gasteiger charge is -2.40. The van der Waals surface area contributed by atoms with Crippen molar-refractivity contribution in [3.8, 4) is 0 Å². The van der Waals surface area contributed by atoms with Crippen molar-refractivity contribution >= 4 is 23.4 Å². The average molecular weight is 365 g/mol. The average Bonchev–Trinajstić information content (AvgIpc) is 2.59. The third kappa shape index (κ3) is 4.41. The molecule has 1 aliphatic rings. The number of para-hydroxylation sites is 2. The van der Waals surface area contributed by atoms with Crippen LogP contribution in [0.25, 0.3) is 0 Å². The van der Waals surface area contributed by atoms with E-state index in [1.54, 1.807) is 43.9 Å². The van der Waals surface area contributed by atoms with Crippen LogP contribution in [0.2, 0.25) is 0 Å². The lowest BCUT2D eigenvalue weighted by atomic mass is 10.1. The molecule has 1 aliphatic heterocycles. The molecule has 1 heterocycles. The Kier molecular flexibility index (Phi) is 5.69. The predicted molar refractivity (Wildman–Crippen MR) is 94.1 cm³/mol. The molecule has 26 heavy (non-hydrogen) atoms. The molecule has 1 aromatic rings. The molecule has 142 valence electrons. The van der Waals surface area contributed by atoms with Gasteiger partial charge in [0.2, 0.25) is 0 Å². The summed E-state index contributed by atoms with van der Waals surface area (Å²) in [7, 11) is 1.24. The van der Waals surface area contributed by atoms with Crippen LogP contribution in [0, 0.1) is 10.1 Å². The Morgan fingerprint density at radius 1 is 1.23 bits per heavy atom. The van der Waals surface area contributed by atoms with Gasteiger partial charge in [0.15, 0.2) is 6.04 Å². The van der Waals surface area contributed by atoms with E-state index in [1.807, 2.05) is 0 Å². The van der Waals surface area contributed by atoms with Gasteiger partial charge in [-0.25, -0.2) is 9.59 Å². The minimum Gasteiger partial charge on any atom is -0.467 e. The van der Waals surface area contributed by atoms with E-state index >= 15 is 0 Å². The molecule has 1 amide bonds. The fourth-order valence-corrected chi connectivity index (χ4v) is 2.76. The van der Waals surface area contributed by atoms with Gasteiger partial charge in [0.1, 0.15) is 11.3 Å². The van der Waals surface area contributed by atoms with Crippen molar-refractivity contribution in [2.24, 2.45) is 0 Å². The molecular weight excluding hydrogens is 342 g/mol. The Morgan fingerprint density at radius 2 is 1.88 bits per heavy atom. The highest BCUT2D eigenvalue weighted by atomic mass is 16.6. The summed E-state index contributed by atoms with van der Waals surface area (Å²) in [6.45, 7) is 5.81. The second-order valence-corrected chi connectivity index (χ2v) is 6.90. The van der Waals surface area contributed by atoms with Crippen LogP contribution in [0.3, 0.4) is 0 Å². The number of rotatable bonds is 3. The standard InChI is InChI=1S/C17H23N3O6/c1-17(2,3)26-16(22)19-10-9-18(11-14(19)15(21)25-4)12-7-5-6-8-13(12)20(23)24/h5-8,14H,9-11H2,1-4H3/t14-/m0/s1. The second-order valence-electron chi connectivity index (χ2n) is 6.90. The maximum Gasteiger partial charge on any atom is 0.411 e. The van der Waals surface area contributed by atoms with Gasteiger partial charge in [-0.05, 0) is 26.8 Å². The van der Waals surface area contributed by atoms with Crippen LogP contribution in [0.4, 0.5) is 16.2 Å². The maximum absolute atomic E-state index is 12.4. The summed E-state index contributed by atoms with van der Waals surface area (Å²) in [5, 5.41) is 11.3. The molecule has 2 rings (SSSR count). The van der Waals surface area contributed by atoms with Gasteiger partial charge in [0, 0.05) is 25.7 Å². The summed E-state index contributed by atoms with van der Waals surface area (Å²) in [6.07, 6.45) is -0.616. The summed E-state index contributed by atoms with van der Waals surface area (Å²) in [4.78, 5) is 38.5. The number of carbonyl (C=O) groups is 2. The number of piperazine rings is 1. The number of hydrogen-bond acceptors (Lipinski definition) is 7. The summed E-state index contributed by atoms with van der Waals surface area (Å²) < 4.78 is 10.2. The van der Waals surface area contributed by atoms with E-state index in [0.717, 1.165) is 0 Å². The molecular formula is C17H23N3O6. The van der Waals surface area contributed by atoms with E-state index in [9.17, 15) is 19.7 Å². The molecule has 9 nitrogen and oxygen atoms in total. The van der Waals surface area contributed by atoms with Crippen LogP contribution >= 0.6 is 0 Å². The summed E-state index contributed by atoms with van der Waals surface area (Å²) in [5.41, 5.74) is -0.357. The third-order valence-corrected chi connectivity index (χ3v) is 3.90. The summed E-state index contributed by atoms with van der Waals surface area (Å²) >= 11 is 0. The van der Waals surface area contributed by atoms with Gasteiger partial charge in [0.05, 0.1) is 12.0 Å². The molecule has 0 unspecified atom stereocenters. The number of amides is 1. The molecule has 0 bridgehead atoms. The van der Waals surface area contributed by atoms with Gasteiger partial charge in [0.25, 0.3) is 5.69 Å². The van der Waals surface area contributed by atoms with Crippen LogP contribution in [0.5, 0.6) is 0 Å². The first-order valence-electron chi connectivity index (χ1n) is 8.20. The minimum atomic E-state index is -0.914. The van der Waals surface area contributed by atoms with Crippen LogP contribution < -0.4 is 4.90 Å². The number of benzene rings is 1. The van der Waals surface area contributed by atoms with Gasteiger partial charge in [-0.2, -0.15) is 0 Å². The van der Waals surface area contributed by atoms with E-state index in [0.29, 0.717) is 12.2 Å². The SMILES string of the molecule is COC(=O)[C@@H]1CN(c2ccccc2[N+](=O)[O-])CCN1C(=O)OC(C)(C)C. The lowest BCUT2D eigenvalue weighted by Crippen LogP contribution is -2.59. The van der Waals surface area contributed by atoms with Crippen LogP contribution in [-0.2, 0) is 14.3 Å². The molecule has 1 atom stereocenters. The van der Waals surface area contributed by atoms with Gasteiger partial charge in [-0.1, -0.05) is 12.1 Å². The Bertz CT molecular complexity index is 700. The number of anilines is 1. The fourth-order valence-electron chi connectivity index (χ4n) is 2.76. The molecule has 9 heteroatoms. The van der Waals surface area contributed by atoms with Crippen molar-refractivity contribution in [3.63, 3.8) is 0 Å². The van der Waals surface area contributed by atoms with E-state index in [1.165, 1.54) is 18.1 Å².